The second-order valence-corrected chi connectivity index (χ2v) is 10.1. The molecule has 0 aromatic heterocycles. The second-order valence-electron chi connectivity index (χ2n) is 10.1. The largest absolute Gasteiger partial charge is 0.497 e. The maximum atomic E-state index is 14.5. The molecule has 6 rings (SSSR count). The van der Waals surface area contributed by atoms with Crippen molar-refractivity contribution in [3.63, 3.8) is 0 Å². The Morgan fingerprint density at radius 2 is 1.82 bits per heavy atom. The Morgan fingerprint density at radius 1 is 1.05 bits per heavy atom. The minimum atomic E-state index is -1.42. The average molecular weight is 531 g/mol. The molecule has 1 spiro atoms. The number of carbonyl (C=O) groups excluding carboxylic acids is 3. The SMILES string of the molecule is COc1ccc(N2CC=C[C@]34O[C@H]5C=CCCOC(=O)[C@H]5[C@H]3C(=O)N([C@H](CO)c3ccccc3)C4C2=O)cc1. The zero-order valence-electron chi connectivity index (χ0n) is 21.5. The van der Waals surface area contributed by atoms with Crippen LogP contribution in [0.25, 0.3) is 0 Å². The average Bonchev–Trinajstić information content (AvgIpc) is 3.33. The van der Waals surface area contributed by atoms with Crippen molar-refractivity contribution in [2.24, 2.45) is 11.8 Å². The third kappa shape index (κ3) is 3.95. The van der Waals surface area contributed by atoms with Gasteiger partial charge in [0.1, 0.15) is 23.3 Å². The number of aliphatic hydroxyl groups is 1. The Morgan fingerprint density at radius 3 is 2.54 bits per heavy atom. The molecule has 2 saturated heterocycles. The van der Waals surface area contributed by atoms with Gasteiger partial charge in [-0.05, 0) is 36.2 Å². The van der Waals surface area contributed by atoms with Gasteiger partial charge in [-0.25, -0.2) is 0 Å². The lowest BCUT2D eigenvalue weighted by Gasteiger charge is -2.38. The standard InChI is InChI=1S/C30H30N2O7/c1-37-21-13-11-20(12-14-21)31-16-7-15-30-25(24-23(39-30)10-5-6-17-38-29(24)36)27(34)32(26(30)28(31)35)22(18-33)19-8-3-2-4-9-19/h2-5,7-15,22-26,33H,6,16-18H2,1H3/t22-,23+,24-,25+,26?,30+/m1/s1. The molecule has 39 heavy (non-hydrogen) atoms. The first-order chi connectivity index (χ1) is 19.0. The number of cyclic esters (lactones) is 1. The van der Waals surface area contributed by atoms with Gasteiger partial charge in [0.25, 0.3) is 5.91 Å². The Balaban J connectivity index is 1.50. The molecule has 1 unspecified atom stereocenters. The number of aliphatic hydroxyl groups excluding tert-OH is 1. The van der Waals surface area contributed by atoms with Crippen molar-refractivity contribution in [2.75, 3.05) is 31.8 Å². The lowest BCUT2D eigenvalue weighted by molar-refractivity contribution is -0.155. The maximum absolute atomic E-state index is 14.5. The van der Waals surface area contributed by atoms with Crippen LogP contribution in [0.5, 0.6) is 5.75 Å². The highest BCUT2D eigenvalue weighted by molar-refractivity contribution is 6.05. The van der Waals surface area contributed by atoms with Gasteiger partial charge in [-0.1, -0.05) is 54.6 Å². The number of nitrogens with zero attached hydrogens (tertiary/aromatic N) is 2. The first kappa shape index (κ1) is 25.3. The van der Waals surface area contributed by atoms with E-state index in [1.54, 1.807) is 48.4 Å². The number of esters is 1. The Bertz CT molecular complexity index is 1320. The minimum Gasteiger partial charge on any atom is -0.497 e. The van der Waals surface area contributed by atoms with E-state index >= 15 is 0 Å². The summed E-state index contributed by atoms with van der Waals surface area (Å²) in [5.41, 5.74) is -0.111. The number of methoxy groups -OCH3 is 1. The van der Waals surface area contributed by atoms with Crippen LogP contribution in [0, 0.1) is 11.8 Å². The van der Waals surface area contributed by atoms with Gasteiger partial charge >= 0.3 is 5.97 Å². The molecule has 9 heteroatoms. The number of fused-ring (bicyclic) bond motifs is 2. The van der Waals surface area contributed by atoms with E-state index in [-0.39, 0.29) is 19.1 Å². The molecule has 202 valence electrons. The van der Waals surface area contributed by atoms with Gasteiger partial charge < -0.3 is 29.1 Å². The van der Waals surface area contributed by atoms with E-state index in [0.29, 0.717) is 23.4 Å². The van der Waals surface area contributed by atoms with Crippen LogP contribution in [0.3, 0.4) is 0 Å². The number of likely N-dealkylation sites (tertiary alicyclic amines) is 1. The van der Waals surface area contributed by atoms with E-state index < -0.39 is 54.1 Å². The van der Waals surface area contributed by atoms with Crippen molar-refractivity contribution >= 4 is 23.5 Å². The lowest BCUT2D eigenvalue weighted by Crippen LogP contribution is -2.56. The topological polar surface area (TPSA) is 106 Å². The van der Waals surface area contributed by atoms with E-state index in [2.05, 4.69) is 0 Å². The highest BCUT2D eigenvalue weighted by atomic mass is 16.6. The summed E-state index contributed by atoms with van der Waals surface area (Å²) in [7, 11) is 1.57. The summed E-state index contributed by atoms with van der Waals surface area (Å²) in [4.78, 5) is 45.2. The van der Waals surface area contributed by atoms with Crippen molar-refractivity contribution in [2.45, 2.75) is 30.2 Å². The summed E-state index contributed by atoms with van der Waals surface area (Å²) in [6.45, 7) is 0.0439. The fourth-order valence-corrected chi connectivity index (χ4v) is 6.41. The van der Waals surface area contributed by atoms with Gasteiger partial charge in [0.05, 0.1) is 38.4 Å². The summed E-state index contributed by atoms with van der Waals surface area (Å²) in [5, 5.41) is 10.6. The van der Waals surface area contributed by atoms with Crippen molar-refractivity contribution in [3.8, 4) is 5.75 Å². The number of rotatable bonds is 5. The summed E-state index contributed by atoms with van der Waals surface area (Å²) in [6.07, 6.45) is 7.10. The number of anilines is 1. The molecule has 9 nitrogen and oxygen atoms in total. The summed E-state index contributed by atoms with van der Waals surface area (Å²) in [6, 6.07) is 14.3. The smallest absolute Gasteiger partial charge is 0.312 e. The van der Waals surface area contributed by atoms with Gasteiger partial charge in [0, 0.05) is 12.2 Å². The maximum Gasteiger partial charge on any atom is 0.312 e. The zero-order valence-corrected chi connectivity index (χ0v) is 21.5. The quantitative estimate of drug-likeness (QED) is 0.468. The van der Waals surface area contributed by atoms with Crippen molar-refractivity contribution in [3.05, 3.63) is 84.5 Å². The monoisotopic (exact) mass is 530 g/mol. The molecular weight excluding hydrogens is 500 g/mol. The second kappa shape index (κ2) is 9.98. The predicted octanol–water partition coefficient (Wildman–Crippen LogP) is 2.42. The molecule has 2 aromatic rings. The molecule has 1 N–H and O–H groups in total. The first-order valence-corrected chi connectivity index (χ1v) is 13.1. The number of ether oxygens (including phenoxy) is 3. The van der Waals surface area contributed by atoms with E-state index in [1.807, 2.05) is 42.5 Å². The molecule has 2 fully saturated rings. The molecule has 4 heterocycles. The fourth-order valence-electron chi connectivity index (χ4n) is 6.41. The van der Waals surface area contributed by atoms with Gasteiger partial charge in [-0.2, -0.15) is 0 Å². The van der Waals surface area contributed by atoms with Crippen molar-refractivity contribution in [1.82, 2.24) is 4.90 Å². The van der Waals surface area contributed by atoms with Crippen LogP contribution in [0.1, 0.15) is 18.0 Å². The van der Waals surface area contributed by atoms with Crippen LogP contribution in [0.4, 0.5) is 5.69 Å². The molecule has 0 bridgehead atoms. The van der Waals surface area contributed by atoms with E-state index in [1.165, 1.54) is 4.90 Å². The van der Waals surface area contributed by atoms with Crippen LogP contribution in [-0.2, 0) is 23.9 Å². The lowest BCUT2D eigenvalue weighted by atomic mass is 9.77. The molecule has 0 radical (unpaired) electrons. The molecule has 0 saturated carbocycles. The Labute approximate surface area is 226 Å². The van der Waals surface area contributed by atoms with Crippen LogP contribution >= 0.6 is 0 Å². The van der Waals surface area contributed by atoms with Crippen LogP contribution in [0.2, 0.25) is 0 Å². The zero-order chi connectivity index (χ0) is 27.1. The number of carbonyl (C=O) groups is 3. The normalized spacial score (nSPS) is 30.6. The predicted molar refractivity (Wildman–Crippen MR) is 141 cm³/mol. The van der Waals surface area contributed by atoms with Gasteiger partial charge in [0.15, 0.2) is 0 Å². The van der Waals surface area contributed by atoms with Crippen LogP contribution in [-0.4, -0.2) is 72.4 Å². The Kier molecular flexibility index (Phi) is 6.48. The van der Waals surface area contributed by atoms with E-state index in [0.717, 1.165) is 0 Å². The molecule has 6 atom stereocenters. The molecule has 4 aliphatic heterocycles. The number of benzene rings is 2. The van der Waals surface area contributed by atoms with E-state index in [4.69, 9.17) is 14.2 Å². The third-order valence-corrected chi connectivity index (χ3v) is 8.14. The van der Waals surface area contributed by atoms with Crippen molar-refractivity contribution < 1.29 is 33.7 Å². The van der Waals surface area contributed by atoms with Gasteiger partial charge in [0.2, 0.25) is 5.91 Å². The molecule has 0 aliphatic carbocycles. The number of amides is 2. The van der Waals surface area contributed by atoms with Crippen LogP contribution < -0.4 is 9.64 Å². The molecule has 4 aliphatic rings. The molecular formula is C30H30N2O7. The molecule has 2 amide bonds. The molecule has 2 aromatic carbocycles. The summed E-state index contributed by atoms with van der Waals surface area (Å²) < 4.78 is 17.4. The summed E-state index contributed by atoms with van der Waals surface area (Å²) in [5.74, 6) is -2.55. The van der Waals surface area contributed by atoms with E-state index in [9.17, 15) is 19.5 Å². The van der Waals surface area contributed by atoms with Gasteiger partial charge in [-0.15, -0.1) is 0 Å². The van der Waals surface area contributed by atoms with Crippen LogP contribution in [0.15, 0.2) is 78.9 Å². The van der Waals surface area contributed by atoms with Crippen molar-refractivity contribution in [1.29, 1.82) is 0 Å². The summed E-state index contributed by atoms with van der Waals surface area (Å²) >= 11 is 0. The Hall–Kier alpha value is -3.95. The van der Waals surface area contributed by atoms with Gasteiger partial charge in [-0.3, -0.25) is 14.4 Å². The first-order valence-electron chi connectivity index (χ1n) is 13.1. The highest BCUT2D eigenvalue weighted by Crippen LogP contribution is 2.55. The minimum absolute atomic E-state index is 0.211. The highest BCUT2D eigenvalue weighted by Gasteiger charge is 2.72. The number of hydrogen-bond acceptors (Lipinski definition) is 7. The number of hydrogen-bond donors (Lipinski definition) is 1. The fraction of sp³-hybridized carbons (Fsp3) is 0.367. The third-order valence-electron chi connectivity index (χ3n) is 8.14.